The molecule has 0 aliphatic carbocycles. The van der Waals surface area contributed by atoms with E-state index < -0.39 is 11.8 Å². The minimum absolute atomic E-state index is 0.0706. The number of ether oxygens (including phenoxy) is 1. The summed E-state index contributed by atoms with van der Waals surface area (Å²) >= 11 is 0. The standard InChI is InChI=1S/C17H15NO5/c1-3-23-17(22)16(21)13-8-15(10-19)18(9-13)14-6-4-12(5-7-14)11(2)20/h4-10H,3H2,1-2H3. The van der Waals surface area contributed by atoms with E-state index in [-0.39, 0.29) is 23.6 Å². The van der Waals surface area contributed by atoms with Crippen LogP contribution in [0, 0.1) is 0 Å². The highest BCUT2D eigenvalue weighted by atomic mass is 16.5. The fourth-order valence-electron chi connectivity index (χ4n) is 2.09. The van der Waals surface area contributed by atoms with Gasteiger partial charge in [-0.3, -0.25) is 14.4 Å². The molecule has 0 amide bonds. The molecule has 0 N–H and O–H groups in total. The molecular weight excluding hydrogens is 298 g/mol. The van der Waals surface area contributed by atoms with Gasteiger partial charge in [0.25, 0.3) is 5.78 Å². The minimum Gasteiger partial charge on any atom is -0.460 e. The lowest BCUT2D eigenvalue weighted by molar-refractivity contribution is -0.137. The second-order valence-corrected chi connectivity index (χ2v) is 4.79. The lowest BCUT2D eigenvalue weighted by Gasteiger charge is -2.05. The summed E-state index contributed by atoms with van der Waals surface area (Å²) in [6.45, 7) is 3.15. The van der Waals surface area contributed by atoms with E-state index in [9.17, 15) is 19.2 Å². The predicted octanol–water partition coefficient (Wildman–Crippen LogP) is 2.24. The molecule has 0 unspecified atom stereocenters. The van der Waals surface area contributed by atoms with Gasteiger partial charge in [0.1, 0.15) is 0 Å². The van der Waals surface area contributed by atoms with Gasteiger partial charge in [-0.25, -0.2) is 4.79 Å². The highest BCUT2D eigenvalue weighted by Crippen LogP contribution is 2.17. The number of hydrogen-bond acceptors (Lipinski definition) is 5. The monoisotopic (exact) mass is 313 g/mol. The minimum atomic E-state index is -0.964. The van der Waals surface area contributed by atoms with Crippen molar-refractivity contribution in [3.05, 3.63) is 53.3 Å². The van der Waals surface area contributed by atoms with Crippen molar-refractivity contribution in [2.24, 2.45) is 0 Å². The summed E-state index contributed by atoms with van der Waals surface area (Å²) in [6.07, 6.45) is 1.98. The van der Waals surface area contributed by atoms with Crippen LogP contribution in [0.15, 0.2) is 36.5 Å². The average molecular weight is 313 g/mol. The van der Waals surface area contributed by atoms with Crippen LogP contribution in [-0.4, -0.2) is 35.0 Å². The van der Waals surface area contributed by atoms with Gasteiger partial charge in [0.15, 0.2) is 12.1 Å². The van der Waals surface area contributed by atoms with E-state index in [1.807, 2.05) is 0 Å². The number of aromatic nitrogens is 1. The summed E-state index contributed by atoms with van der Waals surface area (Å²) in [5.74, 6) is -1.85. The van der Waals surface area contributed by atoms with Crippen molar-refractivity contribution in [2.75, 3.05) is 6.61 Å². The Hall–Kier alpha value is -3.02. The zero-order valence-electron chi connectivity index (χ0n) is 12.7. The molecule has 6 heteroatoms. The molecule has 0 saturated heterocycles. The average Bonchev–Trinajstić information content (AvgIpc) is 2.98. The zero-order valence-corrected chi connectivity index (χ0v) is 12.7. The number of rotatable bonds is 6. The van der Waals surface area contributed by atoms with Gasteiger partial charge in [0, 0.05) is 23.0 Å². The van der Waals surface area contributed by atoms with Crippen LogP contribution < -0.4 is 0 Å². The van der Waals surface area contributed by atoms with Crippen molar-refractivity contribution in [1.29, 1.82) is 0 Å². The number of ketones is 2. The molecule has 1 heterocycles. The number of Topliss-reactive ketones (excluding diaryl/α,β-unsaturated/α-hetero) is 2. The van der Waals surface area contributed by atoms with E-state index >= 15 is 0 Å². The smallest absolute Gasteiger partial charge is 0.379 e. The second kappa shape index (κ2) is 6.83. The molecule has 0 radical (unpaired) electrons. The van der Waals surface area contributed by atoms with Crippen LogP contribution in [0.2, 0.25) is 0 Å². The fraction of sp³-hybridized carbons (Fsp3) is 0.176. The first-order chi connectivity index (χ1) is 11.0. The first kappa shape index (κ1) is 16.4. The number of benzene rings is 1. The summed E-state index contributed by atoms with van der Waals surface area (Å²) in [4.78, 5) is 45.9. The fourth-order valence-corrected chi connectivity index (χ4v) is 2.09. The third-order valence-electron chi connectivity index (χ3n) is 3.25. The molecule has 0 atom stereocenters. The van der Waals surface area contributed by atoms with Gasteiger partial charge < -0.3 is 9.30 Å². The van der Waals surface area contributed by atoms with Gasteiger partial charge in [-0.2, -0.15) is 0 Å². The summed E-state index contributed by atoms with van der Waals surface area (Å²) in [5.41, 5.74) is 1.42. The van der Waals surface area contributed by atoms with Crippen LogP contribution in [0.3, 0.4) is 0 Å². The van der Waals surface area contributed by atoms with Crippen LogP contribution in [0.4, 0.5) is 0 Å². The van der Waals surface area contributed by atoms with Crippen molar-refractivity contribution in [3.63, 3.8) is 0 Å². The van der Waals surface area contributed by atoms with Crippen LogP contribution in [0.5, 0.6) is 0 Å². The van der Waals surface area contributed by atoms with Crippen molar-refractivity contribution >= 4 is 23.8 Å². The topological polar surface area (TPSA) is 82.4 Å². The number of aldehydes is 1. The largest absolute Gasteiger partial charge is 0.460 e. The van der Waals surface area contributed by atoms with E-state index in [0.29, 0.717) is 17.5 Å². The summed E-state index contributed by atoms with van der Waals surface area (Å²) < 4.78 is 6.14. The number of hydrogen-bond donors (Lipinski definition) is 0. The van der Waals surface area contributed by atoms with E-state index in [1.54, 1.807) is 31.2 Å². The maximum Gasteiger partial charge on any atom is 0.379 e. The van der Waals surface area contributed by atoms with Gasteiger partial charge in [0.2, 0.25) is 0 Å². The Bertz CT molecular complexity index is 771. The van der Waals surface area contributed by atoms with Gasteiger partial charge in [-0.05, 0) is 44.2 Å². The maximum absolute atomic E-state index is 11.9. The molecule has 0 saturated carbocycles. The Morgan fingerprint density at radius 1 is 1.13 bits per heavy atom. The Morgan fingerprint density at radius 2 is 1.78 bits per heavy atom. The van der Waals surface area contributed by atoms with E-state index in [1.165, 1.54) is 23.8 Å². The predicted molar refractivity (Wildman–Crippen MR) is 82.1 cm³/mol. The zero-order chi connectivity index (χ0) is 17.0. The molecule has 1 aromatic carbocycles. The first-order valence-electron chi connectivity index (χ1n) is 6.98. The van der Waals surface area contributed by atoms with Crippen molar-refractivity contribution in [1.82, 2.24) is 4.57 Å². The van der Waals surface area contributed by atoms with Crippen molar-refractivity contribution < 1.29 is 23.9 Å². The van der Waals surface area contributed by atoms with E-state index in [2.05, 4.69) is 4.74 Å². The van der Waals surface area contributed by atoms with Crippen molar-refractivity contribution in [3.8, 4) is 5.69 Å². The van der Waals surface area contributed by atoms with E-state index in [0.717, 1.165) is 0 Å². The van der Waals surface area contributed by atoms with Crippen LogP contribution in [0.1, 0.15) is 45.1 Å². The molecule has 0 fully saturated rings. The highest BCUT2D eigenvalue weighted by Gasteiger charge is 2.21. The second-order valence-electron chi connectivity index (χ2n) is 4.79. The number of carbonyl (C=O) groups excluding carboxylic acids is 4. The Kier molecular flexibility index (Phi) is 4.85. The molecule has 118 valence electrons. The van der Waals surface area contributed by atoms with Gasteiger partial charge in [0.05, 0.1) is 12.3 Å². The summed E-state index contributed by atoms with van der Waals surface area (Å²) in [6, 6.07) is 7.88. The number of carbonyl (C=O) groups is 4. The van der Waals surface area contributed by atoms with Crippen LogP contribution in [0.25, 0.3) is 5.69 Å². The summed E-state index contributed by atoms with van der Waals surface area (Å²) in [5, 5.41) is 0. The number of nitrogens with zero attached hydrogens (tertiary/aromatic N) is 1. The summed E-state index contributed by atoms with van der Waals surface area (Å²) in [7, 11) is 0. The third-order valence-corrected chi connectivity index (χ3v) is 3.25. The van der Waals surface area contributed by atoms with Gasteiger partial charge >= 0.3 is 5.97 Å². The molecule has 2 rings (SSSR count). The van der Waals surface area contributed by atoms with Crippen LogP contribution >= 0.6 is 0 Å². The first-order valence-corrected chi connectivity index (χ1v) is 6.98. The maximum atomic E-state index is 11.9. The van der Waals surface area contributed by atoms with Crippen LogP contribution in [-0.2, 0) is 9.53 Å². The number of esters is 1. The third kappa shape index (κ3) is 3.42. The Balaban J connectivity index is 2.39. The SMILES string of the molecule is CCOC(=O)C(=O)c1cc(C=O)n(-c2ccc(C(C)=O)cc2)c1. The van der Waals surface area contributed by atoms with Gasteiger partial charge in [-0.1, -0.05) is 0 Å². The molecule has 2 aromatic rings. The molecule has 0 aliphatic heterocycles. The molecule has 6 nitrogen and oxygen atoms in total. The van der Waals surface area contributed by atoms with Gasteiger partial charge in [-0.15, -0.1) is 0 Å². The molecular formula is C17H15NO5. The molecule has 0 aliphatic rings. The van der Waals surface area contributed by atoms with Crippen molar-refractivity contribution in [2.45, 2.75) is 13.8 Å². The molecule has 0 spiro atoms. The lowest BCUT2D eigenvalue weighted by Crippen LogP contribution is -2.16. The molecule has 23 heavy (non-hydrogen) atoms. The highest BCUT2D eigenvalue weighted by molar-refractivity contribution is 6.40. The lowest BCUT2D eigenvalue weighted by atomic mass is 10.1. The Labute approximate surface area is 132 Å². The quantitative estimate of drug-likeness (QED) is 0.353. The molecule has 0 bridgehead atoms. The molecule has 1 aromatic heterocycles. The normalized spacial score (nSPS) is 10.2. The Morgan fingerprint density at radius 3 is 2.30 bits per heavy atom. The van der Waals surface area contributed by atoms with E-state index in [4.69, 9.17) is 0 Å².